The minimum atomic E-state index is -4.17. The zero-order valence-corrected chi connectivity index (χ0v) is 10.9. The van der Waals surface area contributed by atoms with Crippen molar-refractivity contribution in [3.8, 4) is 0 Å². The van der Waals surface area contributed by atoms with Gasteiger partial charge in [0.05, 0.1) is 4.90 Å². The van der Waals surface area contributed by atoms with E-state index in [0.717, 1.165) is 0 Å². The molecule has 4 radical (unpaired) electrons. The number of hydrogen-bond donors (Lipinski definition) is 1. The molecule has 0 heterocycles. The first kappa shape index (κ1) is 12.6. The second kappa shape index (κ2) is 5.04. The van der Waals surface area contributed by atoms with Crippen LogP contribution in [0, 0.1) is 0 Å². The van der Waals surface area contributed by atoms with Crippen LogP contribution in [0.4, 0.5) is 0 Å². The molecule has 0 amide bonds. The van der Waals surface area contributed by atoms with Crippen LogP contribution in [0.2, 0.25) is 6.04 Å². The second-order valence-electron chi connectivity index (χ2n) is 2.85. The largest absolute Gasteiger partial charge is 0.454 e. The summed E-state index contributed by atoms with van der Waals surface area (Å²) in [5.74, 6) is 0. The van der Waals surface area contributed by atoms with Gasteiger partial charge in [-0.25, -0.2) is 0 Å². The Kier molecular flexibility index (Phi) is 4.23. The fraction of sp³-hybridized carbons (Fsp3) is 0.250. The molecule has 15 heavy (non-hydrogen) atoms. The molecule has 0 saturated heterocycles. The molecule has 1 N–H and O–H groups in total. The lowest BCUT2D eigenvalue weighted by Crippen LogP contribution is -2.35. The van der Waals surface area contributed by atoms with Crippen LogP contribution in [0.3, 0.4) is 0 Å². The average Bonchev–Trinajstić information content (AvgIpc) is 2.19. The Hall–Kier alpha value is -0.476. The fourth-order valence-corrected chi connectivity index (χ4v) is 4.60. The highest BCUT2D eigenvalue weighted by atomic mass is 32.2. The Morgan fingerprint density at radius 1 is 1.47 bits per heavy atom. The molecule has 0 aliphatic heterocycles. The zero-order chi connectivity index (χ0) is 11.5. The summed E-state index contributed by atoms with van der Waals surface area (Å²) in [6, 6.07) is 7.00. The maximum absolute atomic E-state index is 11.1. The number of hydrogen-bond acceptors (Lipinski definition) is 3. The molecule has 0 spiro atoms. The highest BCUT2D eigenvalue weighted by molar-refractivity contribution is 7.86. The van der Waals surface area contributed by atoms with Crippen LogP contribution in [0.5, 0.6) is 0 Å². The lowest BCUT2D eigenvalue weighted by Gasteiger charge is -2.13. The van der Waals surface area contributed by atoms with Crippen LogP contribution in [-0.4, -0.2) is 32.5 Å². The smallest absolute Gasteiger partial charge is 0.294 e. The normalized spacial score (nSPS) is 12.0. The van der Waals surface area contributed by atoms with E-state index in [9.17, 15) is 8.42 Å². The first-order valence-corrected chi connectivity index (χ1v) is 7.73. The number of rotatable bonds is 4. The first-order valence-electron chi connectivity index (χ1n) is 4.27. The van der Waals surface area contributed by atoms with Crippen molar-refractivity contribution in [3.05, 3.63) is 24.3 Å². The van der Waals surface area contributed by atoms with Gasteiger partial charge in [0, 0.05) is 0 Å². The van der Waals surface area contributed by atoms with Gasteiger partial charge in [-0.2, -0.15) is 8.42 Å². The molecule has 0 fully saturated rings. The molecule has 1 aromatic carbocycles. The molecule has 0 aromatic heterocycles. The van der Waals surface area contributed by atoms with Crippen LogP contribution in [0.1, 0.15) is 6.92 Å². The quantitative estimate of drug-likeness (QED) is 0.621. The van der Waals surface area contributed by atoms with Crippen molar-refractivity contribution in [2.24, 2.45) is 0 Å². The Morgan fingerprint density at radius 3 is 2.53 bits per heavy atom. The Bertz CT molecular complexity index is 428. The molecule has 4 nitrogen and oxygen atoms in total. The predicted molar refractivity (Wildman–Crippen MR) is 59.0 cm³/mol. The van der Waals surface area contributed by atoms with Crippen LogP contribution in [-0.2, 0) is 14.2 Å². The molecular formula is C8H10O4SSi2. The standard InChI is InChI=1S/C8H10O4SSi2/c1-2-15(12-14)8-6-4-3-5-7(8)13(9,10)11/h3-6H,2H2,1H3,(H,9,10,11). The highest BCUT2D eigenvalue weighted by Crippen LogP contribution is 2.08. The van der Waals surface area contributed by atoms with E-state index in [4.69, 9.17) is 8.67 Å². The van der Waals surface area contributed by atoms with Gasteiger partial charge in [0.2, 0.25) is 19.5 Å². The molecule has 1 aromatic rings. The van der Waals surface area contributed by atoms with E-state index in [-0.39, 0.29) is 4.90 Å². The molecule has 0 saturated carbocycles. The van der Waals surface area contributed by atoms with E-state index in [1.807, 2.05) is 6.92 Å². The summed E-state index contributed by atoms with van der Waals surface area (Å²) in [7, 11) is -2.68. The van der Waals surface area contributed by atoms with Crippen molar-refractivity contribution < 1.29 is 17.1 Å². The Morgan fingerprint density at radius 2 is 2.07 bits per heavy atom. The van der Waals surface area contributed by atoms with Crippen LogP contribution in [0.25, 0.3) is 0 Å². The first-order chi connectivity index (χ1) is 7.00. The van der Waals surface area contributed by atoms with E-state index in [2.05, 4.69) is 10.5 Å². The van der Waals surface area contributed by atoms with Gasteiger partial charge in [-0.15, -0.1) is 0 Å². The summed E-state index contributed by atoms with van der Waals surface area (Å²) in [5.41, 5.74) is 0. The van der Waals surface area contributed by atoms with Crippen molar-refractivity contribution in [1.29, 1.82) is 0 Å². The minimum absolute atomic E-state index is 0.0704. The van der Waals surface area contributed by atoms with E-state index in [0.29, 0.717) is 11.2 Å². The van der Waals surface area contributed by atoms with Crippen molar-refractivity contribution in [1.82, 2.24) is 0 Å². The summed E-state index contributed by atoms with van der Waals surface area (Å²) < 4.78 is 36.3. The van der Waals surface area contributed by atoms with E-state index in [1.54, 1.807) is 18.2 Å². The van der Waals surface area contributed by atoms with Crippen molar-refractivity contribution in [2.75, 3.05) is 0 Å². The van der Waals surface area contributed by atoms with Crippen LogP contribution >= 0.6 is 0 Å². The lowest BCUT2D eigenvalue weighted by atomic mass is 10.4. The molecule has 0 aliphatic carbocycles. The van der Waals surface area contributed by atoms with Crippen molar-refractivity contribution >= 4 is 34.8 Å². The summed E-state index contributed by atoms with van der Waals surface area (Å²) >= 11 is 0. The van der Waals surface area contributed by atoms with E-state index in [1.165, 1.54) is 6.07 Å². The summed E-state index contributed by atoms with van der Waals surface area (Å²) in [6.45, 7) is 1.90. The van der Waals surface area contributed by atoms with Crippen LogP contribution < -0.4 is 5.19 Å². The third kappa shape index (κ3) is 2.99. The maximum Gasteiger partial charge on any atom is 0.294 e. The monoisotopic (exact) mass is 258 g/mol. The van der Waals surface area contributed by atoms with Gasteiger partial charge in [-0.3, -0.25) is 4.55 Å². The van der Waals surface area contributed by atoms with Crippen molar-refractivity contribution in [3.63, 3.8) is 0 Å². The van der Waals surface area contributed by atoms with Gasteiger partial charge in [0.15, 0.2) is 0 Å². The van der Waals surface area contributed by atoms with Gasteiger partial charge in [-0.05, 0) is 17.3 Å². The Balaban J connectivity index is 3.29. The fourth-order valence-electron chi connectivity index (χ4n) is 1.24. The van der Waals surface area contributed by atoms with Gasteiger partial charge in [0.25, 0.3) is 10.1 Å². The molecular weight excluding hydrogens is 248 g/mol. The lowest BCUT2D eigenvalue weighted by molar-refractivity contribution is 0.483. The van der Waals surface area contributed by atoms with Gasteiger partial charge >= 0.3 is 0 Å². The van der Waals surface area contributed by atoms with E-state index < -0.39 is 19.2 Å². The highest BCUT2D eigenvalue weighted by Gasteiger charge is 2.22. The van der Waals surface area contributed by atoms with Gasteiger partial charge in [-0.1, -0.05) is 25.1 Å². The number of benzene rings is 1. The molecule has 0 aliphatic rings. The average molecular weight is 258 g/mol. The predicted octanol–water partition coefficient (Wildman–Crippen LogP) is 0.252. The SMILES string of the molecule is CC[Si](O[Si])c1ccccc1S(=O)(=O)O. The van der Waals surface area contributed by atoms with Crippen LogP contribution in [0.15, 0.2) is 29.2 Å². The molecule has 0 unspecified atom stereocenters. The minimum Gasteiger partial charge on any atom is -0.454 e. The maximum atomic E-state index is 11.1. The molecule has 0 bridgehead atoms. The van der Waals surface area contributed by atoms with Crippen molar-refractivity contribution in [2.45, 2.75) is 17.9 Å². The van der Waals surface area contributed by atoms with Gasteiger partial charge in [0.1, 0.15) is 0 Å². The topological polar surface area (TPSA) is 63.6 Å². The van der Waals surface area contributed by atoms with Gasteiger partial charge < -0.3 is 4.12 Å². The third-order valence-corrected chi connectivity index (χ3v) is 5.67. The molecule has 7 heteroatoms. The molecule has 80 valence electrons. The zero-order valence-electron chi connectivity index (χ0n) is 8.10. The summed E-state index contributed by atoms with van der Waals surface area (Å²) in [4.78, 5) is -0.0704. The summed E-state index contributed by atoms with van der Waals surface area (Å²) in [5, 5.41) is 0.544. The Labute approximate surface area is 94.3 Å². The second-order valence-corrected chi connectivity index (χ2v) is 7.15. The summed E-state index contributed by atoms with van der Waals surface area (Å²) in [6.07, 6.45) is 0. The van der Waals surface area contributed by atoms with E-state index >= 15 is 0 Å². The third-order valence-electron chi connectivity index (χ3n) is 1.91. The molecule has 1 rings (SSSR count). The molecule has 0 atom stereocenters.